The van der Waals surface area contributed by atoms with Crippen LogP contribution >= 0.6 is 0 Å². The molecule has 6 heteroatoms. The number of allylic oxidation sites excluding steroid dienone is 6. The Bertz CT molecular complexity index is 1090. The number of aliphatic hydroxyl groups excluding tert-OH is 4. The van der Waals surface area contributed by atoms with Gasteiger partial charge in [0, 0.05) is 0 Å². The summed E-state index contributed by atoms with van der Waals surface area (Å²) in [6, 6.07) is -1.01. The highest BCUT2D eigenvalue weighted by Gasteiger charge is 2.28. The Hall–Kier alpha value is -1.47. The van der Waals surface area contributed by atoms with Gasteiger partial charge in [-0.15, -0.1) is 0 Å². The SMILES string of the molecule is CCCCCCCCCCCCCC/C=C\CCCCCCCCCC(O)C(=O)NC(CO)C(O)C(O)CCC/C=C/CC/C=C/CCCCCCCCCCCCCCCCCCCCCCC. The number of amides is 1. The van der Waals surface area contributed by atoms with Crippen LogP contribution in [0.5, 0.6) is 0 Å². The van der Waals surface area contributed by atoms with E-state index in [9.17, 15) is 25.2 Å². The number of nitrogens with one attached hydrogen (secondary N) is 1. The molecule has 0 heterocycles. The van der Waals surface area contributed by atoms with Crippen molar-refractivity contribution in [3.05, 3.63) is 36.5 Å². The topological polar surface area (TPSA) is 110 Å². The number of unbranched alkanes of at least 4 members (excludes halogenated alkanes) is 42. The van der Waals surface area contributed by atoms with Crippen LogP contribution in [-0.4, -0.2) is 57.3 Å². The molecule has 0 spiro atoms. The second-order valence-electron chi connectivity index (χ2n) is 21.4. The van der Waals surface area contributed by atoms with Crippen molar-refractivity contribution in [3.8, 4) is 0 Å². The van der Waals surface area contributed by atoms with Gasteiger partial charge in [0.25, 0.3) is 0 Å². The van der Waals surface area contributed by atoms with Crippen LogP contribution in [0.3, 0.4) is 0 Å². The lowest BCUT2D eigenvalue weighted by molar-refractivity contribution is -0.132. The molecule has 0 radical (unpaired) electrons. The van der Waals surface area contributed by atoms with Crippen LogP contribution in [0.2, 0.25) is 0 Å². The molecular weight excluding hydrogens is 851 g/mol. The van der Waals surface area contributed by atoms with Crippen molar-refractivity contribution in [1.82, 2.24) is 5.32 Å². The molecule has 6 nitrogen and oxygen atoms in total. The molecule has 4 atom stereocenters. The van der Waals surface area contributed by atoms with E-state index < -0.39 is 36.9 Å². The number of carbonyl (C=O) groups is 1. The van der Waals surface area contributed by atoms with Gasteiger partial charge >= 0.3 is 0 Å². The van der Waals surface area contributed by atoms with E-state index in [-0.39, 0.29) is 0 Å². The Labute approximate surface area is 430 Å². The molecule has 0 aromatic carbocycles. The third-order valence-electron chi connectivity index (χ3n) is 14.6. The van der Waals surface area contributed by atoms with E-state index >= 15 is 0 Å². The van der Waals surface area contributed by atoms with Crippen LogP contribution in [-0.2, 0) is 4.79 Å². The lowest BCUT2D eigenvalue weighted by Gasteiger charge is -2.27. The van der Waals surface area contributed by atoms with Gasteiger partial charge in [0.1, 0.15) is 12.2 Å². The third-order valence-corrected chi connectivity index (χ3v) is 14.6. The molecule has 0 bridgehead atoms. The van der Waals surface area contributed by atoms with E-state index in [0.29, 0.717) is 19.3 Å². The molecule has 0 rings (SSSR count). The van der Waals surface area contributed by atoms with E-state index in [1.807, 2.05) is 0 Å². The van der Waals surface area contributed by atoms with E-state index in [2.05, 4.69) is 55.6 Å². The number of rotatable bonds is 57. The first kappa shape index (κ1) is 67.5. The second-order valence-corrected chi connectivity index (χ2v) is 21.4. The highest BCUT2D eigenvalue weighted by Crippen LogP contribution is 2.18. The molecule has 0 aliphatic carbocycles. The highest BCUT2D eigenvalue weighted by molar-refractivity contribution is 5.80. The van der Waals surface area contributed by atoms with Crippen molar-refractivity contribution in [3.63, 3.8) is 0 Å². The van der Waals surface area contributed by atoms with Gasteiger partial charge in [0.05, 0.1) is 18.8 Å². The monoisotopic (exact) mass is 972 g/mol. The predicted molar refractivity (Wildman–Crippen MR) is 302 cm³/mol. The molecule has 0 aliphatic rings. The molecule has 0 aromatic rings. The first-order valence-corrected chi connectivity index (χ1v) is 30.9. The average Bonchev–Trinajstić information content (AvgIpc) is 3.35. The largest absolute Gasteiger partial charge is 0.394 e. The Morgan fingerprint density at radius 1 is 0.348 bits per heavy atom. The Morgan fingerprint density at radius 3 is 0.913 bits per heavy atom. The van der Waals surface area contributed by atoms with Crippen LogP contribution in [0.15, 0.2) is 36.5 Å². The van der Waals surface area contributed by atoms with Gasteiger partial charge in [-0.05, 0) is 77.0 Å². The van der Waals surface area contributed by atoms with Crippen molar-refractivity contribution < 1.29 is 25.2 Å². The molecular formula is C63H121NO5. The molecule has 5 N–H and O–H groups in total. The molecule has 69 heavy (non-hydrogen) atoms. The number of carbonyl (C=O) groups excluding carboxylic acids is 1. The highest BCUT2D eigenvalue weighted by atomic mass is 16.3. The zero-order chi connectivity index (χ0) is 50.2. The number of hydrogen-bond acceptors (Lipinski definition) is 5. The lowest BCUT2D eigenvalue weighted by Crippen LogP contribution is -2.53. The predicted octanol–water partition coefficient (Wildman–Crippen LogP) is 18.4. The maximum Gasteiger partial charge on any atom is 0.249 e. The van der Waals surface area contributed by atoms with E-state index in [4.69, 9.17) is 0 Å². The van der Waals surface area contributed by atoms with Crippen LogP contribution < -0.4 is 5.32 Å². The maximum absolute atomic E-state index is 12.6. The van der Waals surface area contributed by atoms with Gasteiger partial charge in [0.2, 0.25) is 5.91 Å². The number of aliphatic hydroxyl groups is 4. The van der Waals surface area contributed by atoms with Crippen molar-refractivity contribution in [2.75, 3.05) is 6.61 Å². The molecule has 0 aliphatic heterocycles. The van der Waals surface area contributed by atoms with E-state index in [1.54, 1.807) is 0 Å². The van der Waals surface area contributed by atoms with Gasteiger partial charge < -0.3 is 25.7 Å². The van der Waals surface area contributed by atoms with Gasteiger partial charge in [-0.3, -0.25) is 4.79 Å². The van der Waals surface area contributed by atoms with Crippen LogP contribution in [0.25, 0.3) is 0 Å². The Balaban J connectivity index is 3.65. The Morgan fingerprint density at radius 2 is 0.609 bits per heavy atom. The fraction of sp³-hybridized carbons (Fsp3) is 0.889. The summed E-state index contributed by atoms with van der Waals surface area (Å²) in [5.41, 5.74) is 0. The van der Waals surface area contributed by atoms with Crippen molar-refractivity contribution >= 4 is 5.91 Å². The first-order chi connectivity index (χ1) is 34.0. The van der Waals surface area contributed by atoms with Gasteiger partial charge in [-0.25, -0.2) is 0 Å². The van der Waals surface area contributed by atoms with Crippen molar-refractivity contribution in [2.24, 2.45) is 0 Å². The average molecular weight is 973 g/mol. The Kier molecular flexibility index (Phi) is 56.2. The fourth-order valence-corrected chi connectivity index (χ4v) is 9.71. The minimum atomic E-state index is -1.29. The summed E-state index contributed by atoms with van der Waals surface area (Å²) in [7, 11) is 0. The van der Waals surface area contributed by atoms with E-state index in [0.717, 1.165) is 38.5 Å². The molecule has 408 valence electrons. The zero-order valence-electron chi connectivity index (χ0n) is 46.3. The third kappa shape index (κ3) is 51.2. The normalized spacial score (nSPS) is 13.9. The molecule has 0 saturated carbocycles. The molecule has 4 unspecified atom stereocenters. The molecule has 0 aromatic heterocycles. The molecule has 0 fully saturated rings. The van der Waals surface area contributed by atoms with Gasteiger partial charge in [-0.1, -0.05) is 288 Å². The lowest BCUT2D eigenvalue weighted by atomic mass is 10.00. The summed E-state index contributed by atoms with van der Waals surface area (Å²) in [4.78, 5) is 12.6. The molecule has 1 amide bonds. The van der Waals surface area contributed by atoms with Crippen molar-refractivity contribution in [2.45, 2.75) is 353 Å². The summed E-state index contributed by atoms with van der Waals surface area (Å²) in [5.74, 6) is -0.597. The van der Waals surface area contributed by atoms with Gasteiger partial charge in [0.15, 0.2) is 0 Å². The molecule has 0 saturated heterocycles. The van der Waals surface area contributed by atoms with Crippen LogP contribution in [0, 0.1) is 0 Å². The summed E-state index contributed by atoms with van der Waals surface area (Å²) >= 11 is 0. The number of hydrogen-bond donors (Lipinski definition) is 5. The summed E-state index contributed by atoms with van der Waals surface area (Å²) < 4.78 is 0. The summed E-state index contributed by atoms with van der Waals surface area (Å²) in [6.45, 7) is 4.08. The minimum Gasteiger partial charge on any atom is -0.394 e. The zero-order valence-corrected chi connectivity index (χ0v) is 46.3. The van der Waals surface area contributed by atoms with Gasteiger partial charge in [-0.2, -0.15) is 0 Å². The first-order valence-electron chi connectivity index (χ1n) is 30.9. The summed E-state index contributed by atoms with van der Waals surface area (Å²) in [5, 5.41) is 44.0. The maximum atomic E-state index is 12.6. The van der Waals surface area contributed by atoms with Crippen molar-refractivity contribution in [1.29, 1.82) is 0 Å². The minimum absolute atomic E-state index is 0.356. The van der Waals surface area contributed by atoms with Crippen LogP contribution in [0.4, 0.5) is 0 Å². The second kappa shape index (κ2) is 57.4. The smallest absolute Gasteiger partial charge is 0.249 e. The summed E-state index contributed by atoms with van der Waals surface area (Å²) in [6.07, 6.45) is 72.4. The quantitative estimate of drug-likeness (QED) is 0.0308. The van der Waals surface area contributed by atoms with E-state index in [1.165, 1.54) is 257 Å². The fourth-order valence-electron chi connectivity index (χ4n) is 9.71. The van der Waals surface area contributed by atoms with Crippen LogP contribution in [0.1, 0.15) is 328 Å². The standard InChI is InChI=1S/C63H121NO5/c1-3-5-7-9-11-13-15-17-19-21-23-25-27-28-29-30-31-32-33-35-36-38-40-42-44-46-48-50-52-54-56-60(66)62(68)59(58-65)64-63(69)61(67)57-55-53-51-49-47-45-43-41-39-37-34-26-24-22-20-18-16-14-12-10-8-6-4-2/h37,39-40,42,48,50,59-62,65-68H,3-36,38,41,43-47,49,51-58H2,1-2H3,(H,64,69)/b39-37-,42-40+,50-48+.